The van der Waals surface area contributed by atoms with Gasteiger partial charge in [0.15, 0.2) is 0 Å². The first-order valence-electron chi connectivity index (χ1n) is 6.24. The van der Waals surface area contributed by atoms with Crippen LogP contribution in [0.4, 0.5) is 10.1 Å². The van der Waals surface area contributed by atoms with Crippen LogP contribution < -0.4 is 5.73 Å². The summed E-state index contributed by atoms with van der Waals surface area (Å²) in [5, 5.41) is 3.88. The average Bonchev–Trinajstić information content (AvgIpc) is 2.80. The monoisotopic (exact) mass is 279 g/mol. The Hall–Kier alpha value is -1.95. The van der Waals surface area contributed by atoms with Crippen molar-refractivity contribution < 1.29 is 13.7 Å². The molecular weight excluding hydrogens is 261 g/mol. The summed E-state index contributed by atoms with van der Waals surface area (Å²) >= 11 is 0. The van der Waals surface area contributed by atoms with E-state index >= 15 is 0 Å². The number of nitrogens with two attached hydrogens (primary N) is 1. The Morgan fingerprint density at radius 1 is 1.35 bits per heavy atom. The van der Waals surface area contributed by atoms with Crippen LogP contribution in [-0.4, -0.2) is 17.3 Å². The molecule has 0 aliphatic carbocycles. The average molecular weight is 279 g/mol. The third-order valence-corrected chi connectivity index (χ3v) is 2.92. The van der Waals surface area contributed by atoms with Gasteiger partial charge < -0.3 is 15.0 Å². The van der Waals surface area contributed by atoms with Crippen LogP contribution in [0.5, 0.6) is 0 Å². The summed E-state index contributed by atoms with van der Waals surface area (Å²) in [6.07, 6.45) is -0.343. The Balaban J connectivity index is 2.40. The molecule has 20 heavy (non-hydrogen) atoms. The molecule has 0 aliphatic heterocycles. The van der Waals surface area contributed by atoms with E-state index in [9.17, 15) is 4.39 Å². The Morgan fingerprint density at radius 2 is 2.05 bits per heavy atom. The van der Waals surface area contributed by atoms with Crippen LogP contribution in [-0.2, 0) is 4.74 Å². The summed E-state index contributed by atoms with van der Waals surface area (Å²) in [5.41, 5.74) is 6.06. The maximum absolute atomic E-state index is 13.8. The second-order valence-corrected chi connectivity index (χ2v) is 5.68. The van der Waals surface area contributed by atoms with Gasteiger partial charge in [-0.1, -0.05) is 25.9 Å². The molecule has 0 amide bonds. The summed E-state index contributed by atoms with van der Waals surface area (Å²) in [6, 6.07) is 4.21. The topological polar surface area (TPSA) is 74.2 Å². The van der Waals surface area contributed by atoms with Gasteiger partial charge in [-0.05, 0) is 23.6 Å². The molecule has 0 spiro atoms. The lowest BCUT2D eigenvalue weighted by Crippen LogP contribution is -2.21. The second-order valence-electron chi connectivity index (χ2n) is 5.68. The Kier molecular flexibility index (Phi) is 3.76. The number of hydrogen-bond acceptors (Lipinski definition) is 5. The van der Waals surface area contributed by atoms with E-state index in [1.165, 1.54) is 18.2 Å². The summed E-state index contributed by atoms with van der Waals surface area (Å²) < 4.78 is 24.3. The Bertz CT molecular complexity index is 605. The van der Waals surface area contributed by atoms with Gasteiger partial charge in [-0.25, -0.2) is 4.39 Å². The zero-order chi connectivity index (χ0) is 14.9. The van der Waals surface area contributed by atoms with Gasteiger partial charge in [0.25, 0.3) is 5.89 Å². The lowest BCUT2D eigenvalue weighted by atomic mass is 9.88. The number of anilines is 1. The Morgan fingerprint density at radius 3 is 2.65 bits per heavy atom. The minimum atomic E-state index is -0.459. The molecule has 1 heterocycles. The smallest absolute Gasteiger partial charge is 0.261 e. The lowest BCUT2D eigenvalue weighted by Gasteiger charge is -2.26. The van der Waals surface area contributed by atoms with Crippen molar-refractivity contribution in [2.45, 2.75) is 26.9 Å². The van der Waals surface area contributed by atoms with Crippen molar-refractivity contribution in [2.24, 2.45) is 5.41 Å². The van der Waals surface area contributed by atoms with Crippen LogP contribution in [0.25, 0.3) is 11.5 Å². The number of rotatable bonds is 3. The lowest BCUT2D eigenvalue weighted by molar-refractivity contribution is 0.00718. The predicted molar refractivity (Wildman–Crippen MR) is 73.3 cm³/mol. The zero-order valence-electron chi connectivity index (χ0n) is 12.0. The largest absolute Gasteiger partial charge is 0.399 e. The molecule has 2 N–H and O–H groups in total. The van der Waals surface area contributed by atoms with Crippen molar-refractivity contribution in [3.63, 3.8) is 0 Å². The molecule has 0 fully saturated rings. The summed E-state index contributed by atoms with van der Waals surface area (Å²) in [4.78, 5) is 4.22. The van der Waals surface area contributed by atoms with Gasteiger partial charge in [-0.3, -0.25) is 0 Å². The third-order valence-electron chi connectivity index (χ3n) is 2.92. The first-order valence-corrected chi connectivity index (χ1v) is 6.24. The fourth-order valence-electron chi connectivity index (χ4n) is 2.00. The van der Waals surface area contributed by atoms with Crippen molar-refractivity contribution in [3.8, 4) is 11.5 Å². The van der Waals surface area contributed by atoms with Gasteiger partial charge in [0, 0.05) is 12.8 Å². The molecule has 108 valence electrons. The van der Waals surface area contributed by atoms with Gasteiger partial charge in [-0.15, -0.1) is 0 Å². The highest BCUT2D eigenvalue weighted by Gasteiger charge is 2.31. The highest BCUT2D eigenvalue weighted by molar-refractivity contribution is 5.60. The maximum Gasteiger partial charge on any atom is 0.261 e. The van der Waals surface area contributed by atoms with Crippen LogP contribution in [0.15, 0.2) is 22.7 Å². The summed E-state index contributed by atoms with van der Waals surface area (Å²) in [7, 11) is 1.58. The van der Waals surface area contributed by atoms with E-state index in [4.69, 9.17) is 15.0 Å². The van der Waals surface area contributed by atoms with Crippen molar-refractivity contribution in [3.05, 3.63) is 29.8 Å². The fourth-order valence-corrected chi connectivity index (χ4v) is 2.00. The van der Waals surface area contributed by atoms with Crippen molar-refractivity contribution in [1.82, 2.24) is 10.1 Å². The van der Waals surface area contributed by atoms with Crippen LogP contribution in [0.1, 0.15) is 32.7 Å². The van der Waals surface area contributed by atoms with E-state index in [2.05, 4.69) is 10.1 Å². The highest BCUT2D eigenvalue weighted by atomic mass is 19.1. The van der Waals surface area contributed by atoms with E-state index in [1.54, 1.807) is 7.11 Å². The first-order chi connectivity index (χ1) is 9.32. The maximum atomic E-state index is 13.8. The van der Waals surface area contributed by atoms with Crippen LogP contribution in [0.3, 0.4) is 0 Å². The third kappa shape index (κ3) is 2.80. The molecule has 1 aromatic heterocycles. The fraction of sp³-hybridized carbons (Fsp3) is 0.429. The number of methoxy groups -OCH3 is 1. The number of ether oxygens (including phenoxy) is 1. The summed E-state index contributed by atoms with van der Waals surface area (Å²) in [6.45, 7) is 5.99. The van der Waals surface area contributed by atoms with E-state index in [-0.39, 0.29) is 23.0 Å². The minimum absolute atomic E-state index is 0.0936. The SMILES string of the molecule is COC(c1noc(-c2cc(N)ccc2F)n1)C(C)(C)C. The molecule has 5 nitrogen and oxygen atoms in total. The van der Waals surface area contributed by atoms with Gasteiger partial charge in [-0.2, -0.15) is 4.98 Å². The van der Waals surface area contributed by atoms with E-state index < -0.39 is 5.82 Å². The molecule has 0 radical (unpaired) electrons. The number of aromatic nitrogens is 2. The predicted octanol–water partition coefficient (Wildman–Crippen LogP) is 3.19. The molecule has 1 unspecified atom stereocenters. The van der Waals surface area contributed by atoms with Crippen LogP contribution in [0, 0.1) is 11.2 Å². The molecule has 2 aromatic rings. The minimum Gasteiger partial charge on any atom is -0.399 e. The normalized spacial score (nSPS) is 13.4. The zero-order valence-corrected chi connectivity index (χ0v) is 12.0. The first kappa shape index (κ1) is 14.5. The summed E-state index contributed by atoms with van der Waals surface area (Å²) in [5.74, 6) is 0.0204. The molecule has 6 heteroatoms. The Labute approximate surface area is 116 Å². The number of nitrogens with zero attached hydrogens (tertiary/aromatic N) is 2. The standard InChI is InChI=1S/C14H18FN3O2/c1-14(2,3)11(19-4)12-17-13(20-18-12)9-7-8(16)5-6-10(9)15/h5-7,11H,16H2,1-4H3. The molecule has 1 aromatic carbocycles. The van der Waals surface area contributed by atoms with Gasteiger partial charge in [0.05, 0.1) is 5.56 Å². The molecule has 0 bridgehead atoms. The highest BCUT2D eigenvalue weighted by Crippen LogP contribution is 2.35. The number of benzene rings is 1. The number of halogens is 1. The van der Waals surface area contributed by atoms with E-state index in [1.807, 2.05) is 20.8 Å². The van der Waals surface area contributed by atoms with Crippen molar-refractivity contribution >= 4 is 5.69 Å². The van der Waals surface area contributed by atoms with Gasteiger partial charge >= 0.3 is 0 Å². The van der Waals surface area contributed by atoms with Crippen LogP contribution in [0.2, 0.25) is 0 Å². The molecule has 2 rings (SSSR count). The van der Waals surface area contributed by atoms with Gasteiger partial charge in [0.1, 0.15) is 11.9 Å². The van der Waals surface area contributed by atoms with Crippen molar-refractivity contribution in [1.29, 1.82) is 0 Å². The molecule has 0 saturated carbocycles. The molecule has 0 aliphatic rings. The van der Waals surface area contributed by atoms with Crippen molar-refractivity contribution in [2.75, 3.05) is 12.8 Å². The van der Waals surface area contributed by atoms with E-state index in [0.717, 1.165) is 0 Å². The second kappa shape index (κ2) is 5.20. The number of nitrogen functional groups attached to an aromatic ring is 1. The quantitative estimate of drug-likeness (QED) is 0.873. The molecule has 0 saturated heterocycles. The van der Waals surface area contributed by atoms with E-state index in [0.29, 0.717) is 11.5 Å². The van der Waals surface area contributed by atoms with Crippen LogP contribution >= 0.6 is 0 Å². The van der Waals surface area contributed by atoms with Gasteiger partial charge in [0.2, 0.25) is 5.82 Å². The number of hydrogen-bond donors (Lipinski definition) is 1. The molecular formula is C14H18FN3O2. The molecule has 1 atom stereocenters.